The summed E-state index contributed by atoms with van der Waals surface area (Å²) in [6.07, 6.45) is 0.0868. The SMILES string of the molecule is CC(C)Oc1cc(Cl)nc(C(C)(C)C)n1. The zero-order valence-electron chi connectivity index (χ0n) is 9.84. The fraction of sp³-hybridized carbons (Fsp3) is 0.636. The van der Waals surface area contributed by atoms with Crippen LogP contribution in [0, 0.1) is 0 Å². The van der Waals surface area contributed by atoms with E-state index < -0.39 is 0 Å². The Hall–Kier alpha value is -0.830. The lowest BCUT2D eigenvalue weighted by Crippen LogP contribution is -2.17. The van der Waals surface area contributed by atoms with Crippen LogP contribution in [0.4, 0.5) is 0 Å². The van der Waals surface area contributed by atoms with Crippen LogP contribution in [0.1, 0.15) is 40.4 Å². The maximum atomic E-state index is 5.91. The van der Waals surface area contributed by atoms with E-state index >= 15 is 0 Å². The van der Waals surface area contributed by atoms with Crippen LogP contribution in [0.2, 0.25) is 5.15 Å². The van der Waals surface area contributed by atoms with Gasteiger partial charge in [-0.1, -0.05) is 32.4 Å². The zero-order chi connectivity index (χ0) is 11.6. The van der Waals surface area contributed by atoms with E-state index in [0.29, 0.717) is 16.9 Å². The molecule has 0 amide bonds. The number of hydrogen-bond donors (Lipinski definition) is 0. The molecule has 0 bridgehead atoms. The van der Waals surface area contributed by atoms with E-state index in [0.717, 1.165) is 0 Å². The van der Waals surface area contributed by atoms with Gasteiger partial charge in [0.15, 0.2) is 0 Å². The summed E-state index contributed by atoms with van der Waals surface area (Å²) in [4.78, 5) is 8.51. The van der Waals surface area contributed by atoms with Crippen LogP contribution in [0.5, 0.6) is 5.88 Å². The average molecular weight is 229 g/mol. The number of aromatic nitrogens is 2. The second-order valence-electron chi connectivity index (χ2n) is 4.77. The van der Waals surface area contributed by atoms with E-state index in [4.69, 9.17) is 16.3 Å². The van der Waals surface area contributed by atoms with Crippen molar-refractivity contribution in [3.63, 3.8) is 0 Å². The highest BCUT2D eigenvalue weighted by Crippen LogP contribution is 2.23. The van der Waals surface area contributed by atoms with E-state index in [2.05, 4.69) is 9.97 Å². The molecule has 0 aliphatic rings. The predicted octanol–water partition coefficient (Wildman–Crippen LogP) is 3.21. The maximum absolute atomic E-state index is 5.91. The molecule has 0 aromatic carbocycles. The van der Waals surface area contributed by atoms with Gasteiger partial charge in [0.1, 0.15) is 11.0 Å². The van der Waals surface area contributed by atoms with Crippen LogP contribution in [-0.2, 0) is 5.41 Å². The molecule has 0 saturated carbocycles. The normalized spacial score (nSPS) is 11.9. The van der Waals surface area contributed by atoms with Crippen molar-refractivity contribution in [2.75, 3.05) is 0 Å². The molecular formula is C11H17ClN2O. The van der Waals surface area contributed by atoms with Crippen LogP contribution in [0.3, 0.4) is 0 Å². The molecule has 0 aliphatic carbocycles. The molecule has 0 saturated heterocycles. The maximum Gasteiger partial charge on any atom is 0.218 e. The van der Waals surface area contributed by atoms with Crippen LogP contribution in [0.25, 0.3) is 0 Å². The summed E-state index contributed by atoms with van der Waals surface area (Å²) in [5.74, 6) is 1.24. The molecule has 0 aliphatic heterocycles. The summed E-state index contributed by atoms with van der Waals surface area (Å²) in [6.45, 7) is 10.0. The average Bonchev–Trinajstić information content (AvgIpc) is 1.99. The first-order valence-electron chi connectivity index (χ1n) is 5.01. The van der Waals surface area contributed by atoms with Crippen molar-refractivity contribution in [3.8, 4) is 5.88 Å². The Kier molecular flexibility index (Phi) is 3.55. The van der Waals surface area contributed by atoms with Crippen molar-refractivity contribution in [2.45, 2.75) is 46.1 Å². The molecule has 0 atom stereocenters. The van der Waals surface area contributed by atoms with Crippen molar-refractivity contribution in [1.82, 2.24) is 9.97 Å². The van der Waals surface area contributed by atoms with Gasteiger partial charge in [-0.05, 0) is 13.8 Å². The lowest BCUT2D eigenvalue weighted by Gasteiger charge is -2.18. The Morgan fingerprint density at radius 3 is 2.33 bits per heavy atom. The lowest BCUT2D eigenvalue weighted by atomic mass is 9.96. The van der Waals surface area contributed by atoms with E-state index in [1.54, 1.807) is 6.07 Å². The molecule has 0 N–H and O–H groups in total. The quantitative estimate of drug-likeness (QED) is 0.729. The van der Waals surface area contributed by atoms with E-state index in [-0.39, 0.29) is 11.5 Å². The Labute approximate surface area is 95.8 Å². The molecule has 3 nitrogen and oxygen atoms in total. The van der Waals surface area contributed by atoms with E-state index in [1.165, 1.54) is 0 Å². The van der Waals surface area contributed by atoms with Gasteiger partial charge < -0.3 is 4.74 Å². The highest BCUT2D eigenvalue weighted by molar-refractivity contribution is 6.29. The third-order valence-electron chi connectivity index (χ3n) is 1.70. The Morgan fingerprint density at radius 2 is 1.87 bits per heavy atom. The van der Waals surface area contributed by atoms with Gasteiger partial charge in [-0.2, -0.15) is 4.98 Å². The minimum absolute atomic E-state index is 0.0868. The van der Waals surface area contributed by atoms with Crippen LogP contribution in [-0.4, -0.2) is 16.1 Å². The summed E-state index contributed by atoms with van der Waals surface area (Å²) in [7, 11) is 0. The fourth-order valence-electron chi connectivity index (χ4n) is 1.03. The number of ether oxygens (including phenoxy) is 1. The van der Waals surface area contributed by atoms with E-state index in [9.17, 15) is 0 Å². The summed E-state index contributed by atoms with van der Waals surface area (Å²) in [5.41, 5.74) is -0.125. The highest BCUT2D eigenvalue weighted by Gasteiger charge is 2.19. The second kappa shape index (κ2) is 4.35. The first kappa shape index (κ1) is 12.2. The van der Waals surface area contributed by atoms with Gasteiger partial charge in [0.25, 0.3) is 0 Å². The molecule has 1 heterocycles. The van der Waals surface area contributed by atoms with Gasteiger partial charge in [0.2, 0.25) is 5.88 Å². The van der Waals surface area contributed by atoms with Gasteiger partial charge >= 0.3 is 0 Å². The van der Waals surface area contributed by atoms with Crippen molar-refractivity contribution >= 4 is 11.6 Å². The topological polar surface area (TPSA) is 35.0 Å². The Morgan fingerprint density at radius 1 is 1.27 bits per heavy atom. The van der Waals surface area contributed by atoms with Crippen molar-refractivity contribution in [3.05, 3.63) is 17.0 Å². The van der Waals surface area contributed by atoms with E-state index in [1.807, 2.05) is 34.6 Å². The first-order valence-corrected chi connectivity index (χ1v) is 5.38. The predicted molar refractivity (Wildman–Crippen MR) is 61.5 cm³/mol. The Balaban J connectivity index is 3.06. The van der Waals surface area contributed by atoms with Crippen LogP contribution in [0.15, 0.2) is 6.07 Å². The second-order valence-corrected chi connectivity index (χ2v) is 5.16. The van der Waals surface area contributed by atoms with Crippen molar-refractivity contribution in [1.29, 1.82) is 0 Å². The first-order chi connectivity index (χ1) is 6.79. The molecule has 0 radical (unpaired) electrons. The van der Waals surface area contributed by atoms with Crippen LogP contribution >= 0.6 is 11.6 Å². The molecular weight excluding hydrogens is 212 g/mol. The largest absolute Gasteiger partial charge is 0.475 e. The van der Waals surface area contributed by atoms with Gasteiger partial charge in [-0.25, -0.2) is 4.98 Å². The third kappa shape index (κ3) is 3.67. The molecule has 1 aromatic heterocycles. The standard InChI is InChI=1S/C11H17ClN2O/c1-7(2)15-9-6-8(12)13-10(14-9)11(3,4)5/h6-7H,1-5H3. The highest BCUT2D eigenvalue weighted by atomic mass is 35.5. The van der Waals surface area contributed by atoms with Gasteiger partial charge in [-0.3, -0.25) is 0 Å². The monoisotopic (exact) mass is 228 g/mol. The zero-order valence-corrected chi connectivity index (χ0v) is 10.6. The molecule has 84 valence electrons. The minimum atomic E-state index is -0.125. The van der Waals surface area contributed by atoms with Crippen molar-refractivity contribution in [2.24, 2.45) is 0 Å². The number of hydrogen-bond acceptors (Lipinski definition) is 3. The lowest BCUT2D eigenvalue weighted by molar-refractivity contribution is 0.230. The van der Waals surface area contributed by atoms with Crippen LogP contribution < -0.4 is 4.74 Å². The summed E-state index contributed by atoms with van der Waals surface area (Å²) in [5, 5.41) is 0.422. The molecule has 4 heteroatoms. The molecule has 1 aromatic rings. The summed E-state index contributed by atoms with van der Waals surface area (Å²) < 4.78 is 5.50. The van der Waals surface area contributed by atoms with Gasteiger partial charge in [0.05, 0.1) is 6.10 Å². The summed E-state index contributed by atoms with van der Waals surface area (Å²) >= 11 is 5.91. The summed E-state index contributed by atoms with van der Waals surface area (Å²) in [6, 6.07) is 1.64. The van der Waals surface area contributed by atoms with Gasteiger partial charge in [-0.15, -0.1) is 0 Å². The number of rotatable bonds is 2. The van der Waals surface area contributed by atoms with Gasteiger partial charge in [0, 0.05) is 11.5 Å². The smallest absolute Gasteiger partial charge is 0.218 e. The molecule has 1 rings (SSSR count). The molecule has 0 spiro atoms. The number of nitrogens with zero attached hydrogens (tertiary/aromatic N) is 2. The fourth-order valence-corrected chi connectivity index (χ4v) is 1.21. The molecule has 15 heavy (non-hydrogen) atoms. The van der Waals surface area contributed by atoms with Crippen molar-refractivity contribution < 1.29 is 4.74 Å². The Bertz CT molecular complexity index is 345. The third-order valence-corrected chi connectivity index (χ3v) is 1.89. The number of halogens is 1. The minimum Gasteiger partial charge on any atom is -0.475 e. The molecule has 0 fully saturated rings. The molecule has 0 unspecified atom stereocenters.